The Labute approximate surface area is 143 Å². The van der Waals surface area contributed by atoms with Gasteiger partial charge in [-0.15, -0.1) is 10.2 Å². The van der Waals surface area contributed by atoms with Crippen molar-refractivity contribution in [1.82, 2.24) is 15.0 Å². The van der Waals surface area contributed by atoms with Crippen molar-refractivity contribution in [3.8, 4) is 0 Å². The SMILES string of the molecule is CB(O)N1CCC(=C(c2ccccc2)c2nnc(C(C)C)o2)CC1. The van der Waals surface area contributed by atoms with E-state index in [4.69, 9.17) is 4.42 Å². The van der Waals surface area contributed by atoms with Crippen LogP contribution in [0.25, 0.3) is 5.57 Å². The van der Waals surface area contributed by atoms with Gasteiger partial charge in [0.2, 0.25) is 11.8 Å². The van der Waals surface area contributed by atoms with Crippen LogP contribution in [0.5, 0.6) is 0 Å². The van der Waals surface area contributed by atoms with Crippen LogP contribution in [0.2, 0.25) is 6.82 Å². The first-order valence-electron chi connectivity index (χ1n) is 8.59. The van der Waals surface area contributed by atoms with Crippen molar-refractivity contribution in [2.24, 2.45) is 0 Å². The van der Waals surface area contributed by atoms with E-state index >= 15 is 0 Å². The molecule has 0 amide bonds. The monoisotopic (exact) mass is 325 g/mol. The van der Waals surface area contributed by atoms with Crippen molar-refractivity contribution in [2.45, 2.75) is 39.4 Å². The van der Waals surface area contributed by atoms with E-state index in [1.165, 1.54) is 5.57 Å². The molecule has 1 fully saturated rings. The van der Waals surface area contributed by atoms with Gasteiger partial charge in [0.05, 0.1) is 0 Å². The van der Waals surface area contributed by atoms with Crippen molar-refractivity contribution >= 4 is 12.6 Å². The van der Waals surface area contributed by atoms with E-state index in [0.29, 0.717) is 11.8 Å². The molecule has 126 valence electrons. The Balaban J connectivity index is 1.98. The maximum Gasteiger partial charge on any atom is 0.376 e. The summed E-state index contributed by atoms with van der Waals surface area (Å²) in [5, 5.41) is 18.3. The molecule has 1 saturated heterocycles. The topological polar surface area (TPSA) is 62.4 Å². The van der Waals surface area contributed by atoms with Crippen LogP contribution in [0, 0.1) is 0 Å². The van der Waals surface area contributed by atoms with E-state index in [0.717, 1.165) is 37.1 Å². The summed E-state index contributed by atoms with van der Waals surface area (Å²) in [4.78, 5) is 2.08. The molecule has 1 N–H and O–H groups in total. The highest BCUT2D eigenvalue weighted by Gasteiger charge is 2.25. The lowest BCUT2D eigenvalue weighted by Gasteiger charge is -2.30. The Kier molecular flexibility index (Phi) is 5.16. The van der Waals surface area contributed by atoms with E-state index in [-0.39, 0.29) is 5.92 Å². The Morgan fingerprint density at radius 2 is 1.83 bits per heavy atom. The molecule has 0 bridgehead atoms. The number of hydrogen-bond donors (Lipinski definition) is 1. The molecule has 0 unspecified atom stereocenters. The normalized spacial score (nSPS) is 15.8. The van der Waals surface area contributed by atoms with Crippen LogP contribution in [0.15, 0.2) is 40.3 Å². The molecule has 24 heavy (non-hydrogen) atoms. The maximum atomic E-state index is 9.77. The fourth-order valence-electron chi connectivity index (χ4n) is 3.07. The molecule has 2 aromatic rings. The molecule has 1 aliphatic heterocycles. The number of piperidine rings is 1. The van der Waals surface area contributed by atoms with Gasteiger partial charge in [0.15, 0.2) is 0 Å². The fourth-order valence-corrected chi connectivity index (χ4v) is 3.07. The van der Waals surface area contributed by atoms with Crippen LogP contribution >= 0.6 is 0 Å². The second-order valence-corrected chi connectivity index (χ2v) is 6.61. The van der Waals surface area contributed by atoms with E-state index < -0.39 is 7.05 Å². The molecule has 0 saturated carbocycles. The van der Waals surface area contributed by atoms with Gasteiger partial charge in [-0.05, 0) is 38.3 Å². The van der Waals surface area contributed by atoms with Gasteiger partial charge in [0.25, 0.3) is 0 Å². The predicted molar refractivity (Wildman–Crippen MR) is 95.5 cm³/mol. The Bertz CT molecular complexity index is 700. The van der Waals surface area contributed by atoms with Gasteiger partial charge in [-0.3, -0.25) is 0 Å². The van der Waals surface area contributed by atoms with Gasteiger partial charge in [0, 0.05) is 11.5 Å². The van der Waals surface area contributed by atoms with Crippen LogP contribution in [-0.4, -0.2) is 40.2 Å². The number of nitrogens with zero attached hydrogens (tertiary/aromatic N) is 3. The third-order valence-electron chi connectivity index (χ3n) is 4.49. The van der Waals surface area contributed by atoms with Gasteiger partial charge in [0.1, 0.15) is 0 Å². The summed E-state index contributed by atoms with van der Waals surface area (Å²) in [7, 11) is -0.400. The summed E-state index contributed by atoms with van der Waals surface area (Å²) >= 11 is 0. The predicted octanol–water partition coefficient (Wildman–Crippen LogP) is 3.20. The summed E-state index contributed by atoms with van der Waals surface area (Å²) in [6.07, 6.45) is 1.79. The minimum atomic E-state index is -0.400. The van der Waals surface area contributed by atoms with Gasteiger partial charge < -0.3 is 14.3 Å². The van der Waals surface area contributed by atoms with Crippen molar-refractivity contribution in [3.63, 3.8) is 0 Å². The first-order valence-corrected chi connectivity index (χ1v) is 8.59. The van der Waals surface area contributed by atoms with Crippen molar-refractivity contribution < 1.29 is 9.44 Å². The lowest BCUT2D eigenvalue weighted by molar-refractivity contribution is 0.345. The second-order valence-electron chi connectivity index (χ2n) is 6.61. The molecule has 5 nitrogen and oxygen atoms in total. The van der Waals surface area contributed by atoms with E-state index in [1.807, 2.05) is 38.9 Å². The smallest absolute Gasteiger partial charge is 0.376 e. The molecule has 2 heterocycles. The third kappa shape index (κ3) is 3.60. The first-order chi connectivity index (χ1) is 11.6. The standard InChI is InChI=1S/C18H24BN3O2/c1-13(2)17-20-21-18(24-17)16(14-7-5-4-6-8-14)15-9-11-22(12-10-15)19(3)23/h4-8,13,23H,9-12H2,1-3H3. The van der Waals surface area contributed by atoms with Crippen LogP contribution in [0.1, 0.15) is 50.0 Å². The third-order valence-corrected chi connectivity index (χ3v) is 4.49. The molecule has 1 aliphatic rings. The number of rotatable bonds is 4. The van der Waals surface area contributed by atoms with Crippen molar-refractivity contribution in [2.75, 3.05) is 13.1 Å². The summed E-state index contributed by atoms with van der Waals surface area (Å²) < 4.78 is 5.95. The molecular weight excluding hydrogens is 301 g/mol. The quantitative estimate of drug-likeness (QED) is 0.875. The van der Waals surface area contributed by atoms with Gasteiger partial charge in [-0.1, -0.05) is 49.8 Å². The second kappa shape index (κ2) is 7.32. The lowest BCUT2D eigenvalue weighted by Crippen LogP contribution is -2.41. The van der Waals surface area contributed by atoms with Crippen LogP contribution < -0.4 is 0 Å². The Morgan fingerprint density at radius 3 is 2.38 bits per heavy atom. The molecule has 1 aromatic carbocycles. The molecular formula is C18H24BN3O2. The largest absolute Gasteiger partial charge is 0.437 e. The van der Waals surface area contributed by atoms with E-state index in [2.05, 4.69) is 27.1 Å². The number of aromatic nitrogens is 2. The molecule has 6 heteroatoms. The molecule has 1 aromatic heterocycles. The summed E-state index contributed by atoms with van der Waals surface area (Å²) in [5.41, 5.74) is 3.48. The van der Waals surface area contributed by atoms with Gasteiger partial charge in [-0.2, -0.15) is 0 Å². The van der Waals surface area contributed by atoms with Crippen molar-refractivity contribution in [3.05, 3.63) is 53.2 Å². The van der Waals surface area contributed by atoms with Gasteiger partial charge in [-0.25, -0.2) is 0 Å². The van der Waals surface area contributed by atoms with E-state index in [9.17, 15) is 5.02 Å². The summed E-state index contributed by atoms with van der Waals surface area (Å²) in [6.45, 7) is 7.60. The highest BCUT2D eigenvalue weighted by Crippen LogP contribution is 2.32. The van der Waals surface area contributed by atoms with Crippen LogP contribution in [-0.2, 0) is 0 Å². The highest BCUT2D eigenvalue weighted by molar-refractivity contribution is 6.45. The van der Waals surface area contributed by atoms with Crippen LogP contribution in [0.4, 0.5) is 0 Å². The molecule has 0 atom stereocenters. The van der Waals surface area contributed by atoms with Crippen molar-refractivity contribution in [1.29, 1.82) is 0 Å². The minimum absolute atomic E-state index is 0.213. The minimum Gasteiger partial charge on any atom is -0.437 e. The van der Waals surface area contributed by atoms with Gasteiger partial charge >= 0.3 is 7.05 Å². The lowest BCUT2D eigenvalue weighted by atomic mass is 9.81. The molecule has 3 rings (SSSR count). The first kappa shape index (κ1) is 16.9. The summed E-state index contributed by atoms with van der Waals surface area (Å²) in [5.74, 6) is 1.48. The number of hydrogen-bond acceptors (Lipinski definition) is 5. The fraction of sp³-hybridized carbons (Fsp3) is 0.444. The highest BCUT2D eigenvalue weighted by atomic mass is 16.4. The molecule has 0 aliphatic carbocycles. The Morgan fingerprint density at radius 1 is 1.17 bits per heavy atom. The average Bonchev–Trinajstić information content (AvgIpc) is 3.06. The zero-order chi connectivity index (χ0) is 17.1. The molecule has 0 spiro atoms. The zero-order valence-corrected chi connectivity index (χ0v) is 14.6. The molecule has 0 radical (unpaired) electrons. The zero-order valence-electron chi connectivity index (χ0n) is 14.6. The Hall–Kier alpha value is -1.92. The average molecular weight is 325 g/mol. The summed E-state index contributed by atoms with van der Waals surface area (Å²) in [6, 6.07) is 10.2. The number of benzene rings is 1. The maximum absolute atomic E-state index is 9.77. The van der Waals surface area contributed by atoms with E-state index in [1.54, 1.807) is 0 Å². The van der Waals surface area contributed by atoms with Crippen LogP contribution in [0.3, 0.4) is 0 Å².